The first-order valence-electron chi connectivity index (χ1n) is 4.98. The second-order valence-corrected chi connectivity index (χ2v) is 4.66. The second-order valence-electron chi connectivity index (χ2n) is 3.46. The van der Waals surface area contributed by atoms with Crippen LogP contribution in [0.3, 0.4) is 0 Å². The summed E-state index contributed by atoms with van der Waals surface area (Å²) in [5.41, 5.74) is 1.47. The Labute approximate surface area is 117 Å². The van der Waals surface area contributed by atoms with Gasteiger partial charge in [0.15, 0.2) is 0 Å². The average molecular weight is 328 g/mol. The molecule has 0 unspecified atom stereocenters. The van der Waals surface area contributed by atoms with Gasteiger partial charge in [0, 0.05) is 0 Å². The van der Waals surface area contributed by atoms with Gasteiger partial charge in [-0.3, -0.25) is 0 Å². The van der Waals surface area contributed by atoms with Crippen molar-refractivity contribution in [1.82, 2.24) is 4.98 Å². The van der Waals surface area contributed by atoms with Crippen LogP contribution < -0.4 is 5.32 Å². The molecule has 0 spiro atoms. The molecule has 0 saturated carbocycles. The molecule has 0 aliphatic heterocycles. The van der Waals surface area contributed by atoms with Gasteiger partial charge in [0.05, 0.1) is 27.1 Å². The summed E-state index contributed by atoms with van der Waals surface area (Å²) in [6, 6.07) is 8.51. The molecule has 2 rings (SSSR count). The highest BCUT2D eigenvalue weighted by Gasteiger charge is 2.06. The first-order chi connectivity index (χ1) is 8.58. The lowest BCUT2D eigenvalue weighted by Gasteiger charge is -2.09. The average Bonchev–Trinajstić information content (AvgIpc) is 2.36. The summed E-state index contributed by atoms with van der Waals surface area (Å²) >= 11 is 9.33. The quantitative estimate of drug-likeness (QED) is 0.896. The molecule has 1 heterocycles. The summed E-state index contributed by atoms with van der Waals surface area (Å²) in [6.45, 7) is 0. The van der Waals surface area contributed by atoms with Gasteiger partial charge in [0.1, 0.15) is 5.69 Å². The number of carbonyl (C=O) groups is 1. The molecule has 6 heteroatoms. The SMILES string of the molecule is O=C(O)c1ccc(Nc2cccc(Cl)c2Br)cn1. The Bertz CT molecular complexity index is 587. The van der Waals surface area contributed by atoms with Gasteiger partial charge in [-0.1, -0.05) is 17.7 Å². The summed E-state index contributed by atoms with van der Waals surface area (Å²) in [6.07, 6.45) is 1.46. The van der Waals surface area contributed by atoms with Crippen molar-refractivity contribution in [3.05, 3.63) is 51.7 Å². The minimum absolute atomic E-state index is 0.00529. The Balaban J connectivity index is 2.24. The van der Waals surface area contributed by atoms with E-state index in [2.05, 4.69) is 26.2 Å². The number of rotatable bonds is 3. The minimum atomic E-state index is -1.05. The van der Waals surface area contributed by atoms with Crippen LogP contribution in [0.2, 0.25) is 5.02 Å². The highest BCUT2D eigenvalue weighted by Crippen LogP contribution is 2.31. The van der Waals surface area contributed by atoms with Crippen molar-refractivity contribution in [3.8, 4) is 0 Å². The van der Waals surface area contributed by atoms with Crippen LogP contribution in [0.25, 0.3) is 0 Å². The summed E-state index contributed by atoms with van der Waals surface area (Å²) in [4.78, 5) is 14.5. The number of carboxylic acid groups (broad SMARTS) is 1. The standard InChI is InChI=1S/C12H8BrClN2O2/c13-11-8(14)2-1-3-9(11)16-7-4-5-10(12(17)18)15-6-7/h1-6,16H,(H,17,18). The summed E-state index contributed by atoms with van der Waals surface area (Å²) in [7, 11) is 0. The molecule has 1 aromatic heterocycles. The molecule has 92 valence electrons. The fraction of sp³-hybridized carbons (Fsp3) is 0. The topological polar surface area (TPSA) is 62.2 Å². The molecule has 0 aliphatic carbocycles. The van der Waals surface area contributed by atoms with Crippen LogP contribution in [0.5, 0.6) is 0 Å². The van der Waals surface area contributed by atoms with E-state index in [0.29, 0.717) is 10.7 Å². The van der Waals surface area contributed by atoms with E-state index in [9.17, 15) is 4.79 Å². The fourth-order valence-electron chi connectivity index (χ4n) is 1.35. The third kappa shape index (κ3) is 2.80. The Kier molecular flexibility index (Phi) is 3.84. The molecule has 0 bridgehead atoms. The van der Waals surface area contributed by atoms with Gasteiger partial charge in [0.2, 0.25) is 0 Å². The predicted octanol–water partition coefficient (Wildman–Crippen LogP) is 3.94. The van der Waals surface area contributed by atoms with E-state index >= 15 is 0 Å². The van der Waals surface area contributed by atoms with Crippen LogP contribution >= 0.6 is 27.5 Å². The van der Waals surface area contributed by atoms with Crippen LogP contribution in [0.4, 0.5) is 11.4 Å². The van der Waals surface area contributed by atoms with Gasteiger partial charge in [-0.25, -0.2) is 9.78 Å². The van der Waals surface area contributed by atoms with Crippen LogP contribution in [-0.2, 0) is 0 Å². The van der Waals surface area contributed by atoms with Crippen molar-refractivity contribution in [2.24, 2.45) is 0 Å². The number of aromatic nitrogens is 1. The van der Waals surface area contributed by atoms with Crippen molar-refractivity contribution in [3.63, 3.8) is 0 Å². The number of nitrogens with one attached hydrogen (secondary N) is 1. The maximum Gasteiger partial charge on any atom is 0.354 e. The van der Waals surface area contributed by atoms with Gasteiger partial charge < -0.3 is 10.4 Å². The fourth-order valence-corrected chi connectivity index (χ4v) is 1.89. The first-order valence-corrected chi connectivity index (χ1v) is 6.15. The van der Waals surface area contributed by atoms with E-state index in [1.807, 2.05) is 12.1 Å². The number of hydrogen-bond donors (Lipinski definition) is 2. The van der Waals surface area contributed by atoms with E-state index in [1.54, 1.807) is 12.1 Å². The summed E-state index contributed by atoms with van der Waals surface area (Å²) < 4.78 is 0.744. The Hall–Kier alpha value is -1.59. The first kappa shape index (κ1) is 12.9. The van der Waals surface area contributed by atoms with Gasteiger partial charge >= 0.3 is 5.97 Å². The number of nitrogens with zero attached hydrogens (tertiary/aromatic N) is 1. The van der Waals surface area contributed by atoms with E-state index in [0.717, 1.165) is 10.2 Å². The number of halogens is 2. The maximum absolute atomic E-state index is 10.7. The van der Waals surface area contributed by atoms with E-state index in [4.69, 9.17) is 16.7 Å². The molecule has 4 nitrogen and oxygen atoms in total. The van der Waals surface area contributed by atoms with E-state index in [1.165, 1.54) is 12.3 Å². The molecule has 0 aliphatic rings. The maximum atomic E-state index is 10.7. The monoisotopic (exact) mass is 326 g/mol. The highest BCUT2D eigenvalue weighted by atomic mass is 79.9. The van der Waals surface area contributed by atoms with Crippen molar-refractivity contribution < 1.29 is 9.90 Å². The van der Waals surface area contributed by atoms with Crippen LogP contribution in [0.1, 0.15) is 10.5 Å². The third-order valence-corrected chi connectivity index (χ3v) is 3.61. The normalized spacial score (nSPS) is 10.1. The van der Waals surface area contributed by atoms with E-state index < -0.39 is 5.97 Å². The molecule has 0 radical (unpaired) electrons. The molecule has 1 aromatic carbocycles. The molecule has 0 saturated heterocycles. The smallest absolute Gasteiger partial charge is 0.354 e. The molecule has 0 amide bonds. The van der Waals surface area contributed by atoms with Crippen LogP contribution in [0.15, 0.2) is 41.0 Å². The number of hydrogen-bond acceptors (Lipinski definition) is 3. The molecule has 2 aromatic rings. The number of benzene rings is 1. The zero-order valence-electron chi connectivity index (χ0n) is 9.02. The van der Waals surface area contributed by atoms with E-state index in [-0.39, 0.29) is 5.69 Å². The largest absolute Gasteiger partial charge is 0.477 e. The Morgan fingerprint density at radius 3 is 2.72 bits per heavy atom. The van der Waals surface area contributed by atoms with Crippen molar-refractivity contribution in [1.29, 1.82) is 0 Å². The summed E-state index contributed by atoms with van der Waals surface area (Å²) in [5, 5.41) is 12.4. The van der Waals surface area contributed by atoms with Gasteiger partial charge in [-0.2, -0.15) is 0 Å². The molecular weight excluding hydrogens is 320 g/mol. The highest BCUT2D eigenvalue weighted by molar-refractivity contribution is 9.10. The number of anilines is 2. The minimum Gasteiger partial charge on any atom is -0.477 e. The van der Waals surface area contributed by atoms with Gasteiger partial charge in [0.25, 0.3) is 0 Å². The van der Waals surface area contributed by atoms with Gasteiger partial charge in [-0.15, -0.1) is 0 Å². The lowest BCUT2D eigenvalue weighted by atomic mass is 10.3. The molecular formula is C12H8BrClN2O2. The molecule has 2 N–H and O–H groups in total. The van der Waals surface area contributed by atoms with Crippen LogP contribution in [-0.4, -0.2) is 16.1 Å². The number of carboxylic acids is 1. The second kappa shape index (κ2) is 5.37. The van der Waals surface area contributed by atoms with Crippen LogP contribution in [0, 0.1) is 0 Å². The third-order valence-electron chi connectivity index (χ3n) is 2.21. The number of pyridine rings is 1. The Morgan fingerprint density at radius 2 is 2.11 bits per heavy atom. The van der Waals surface area contributed by atoms with Crippen molar-refractivity contribution >= 4 is 44.9 Å². The van der Waals surface area contributed by atoms with Crippen molar-refractivity contribution in [2.75, 3.05) is 5.32 Å². The molecule has 18 heavy (non-hydrogen) atoms. The summed E-state index contributed by atoms with van der Waals surface area (Å²) in [5.74, 6) is -1.05. The van der Waals surface area contributed by atoms with Crippen molar-refractivity contribution in [2.45, 2.75) is 0 Å². The number of aromatic carboxylic acids is 1. The molecule has 0 fully saturated rings. The molecule has 0 atom stereocenters. The zero-order chi connectivity index (χ0) is 13.1. The lowest BCUT2D eigenvalue weighted by Crippen LogP contribution is -2.00. The van der Waals surface area contributed by atoms with Gasteiger partial charge in [-0.05, 0) is 40.2 Å². The predicted molar refractivity (Wildman–Crippen MR) is 73.6 cm³/mol. The Morgan fingerprint density at radius 1 is 1.33 bits per heavy atom. The lowest BCUT2D eigenvalue weighted by molar-refractivity contribution is 0.0690. The zero-order valence-corrected chi connectivity index (χ0v) is 11.4.